The summed E-state index contributed by atoms with van der Waals surface area (Å²) in [7, 11) is 3.38. The molecule has 308 valence electrons. The monoisotopic (exact) mass is 772 g/mol. The van der Waals surface area contributed by atoms with E-state index in [9.17, 15) is 34.8 Å². The van der Waals surface area contributed by atoms with E-state index in [1.54, 1.807) is 50.6 Å². The smallest absolute Gasteiger partial charge is 0.311 e. The molecule has 4 N–H and O–H groups in total. The molecule has 14 atom stereocenters. The molecule has 0 amide bonds. The van der Waals surface area contributed by atoms with Crippen molar-refractivity contribution in [2.45, 2.75) is 148 Å². The van der Waals surface area contributed by atoms with Crippen molar-refractivity contribution in [2.75, 3.05) is 14.2 Å². The van der Waals surface area contributed by atoms with Crippen LogP contribution in [0.1, 0.15) is 85.8 Å². The van der Waals surface area contributed by atoms with Crippen LogP contribution in [0.2, 0.25) is 0 Å². The summed E-state index contributed by atoms with van der Waals surface area (Å²) in [6, 6.07) is 10.6. The minimum Gasteiger partial charge on any atom is -0.459 e. The number of hydrogen-bond donors (Lipinski definition) is 4. The lowest BCUT2D eigenvalue weighted by Crippen LogP contribution is -2.60. The summed E-state index contributed by atoms with van der Waals surface area (Å²) in [6.07, 6.45) is -5.18. The van der Waals surface area contributed by atoms with Gasteiger partial charge in [0, 0.05) is 55.4 Å². The van der Waals surface area contributed by atoms with Gasteiger partial charge < -0.3 is 39.4 Å². The number of nitrogens with zero attached hydrogens (tertiary/aromatic N) is 2. The Balaban J connectivity index is 1.63. The van der Waals surface area contributed by atoms with Crippen LogP contribution in [0.3, 0.4) is 0 Å². The van der Waals surface area contributed by atoms with E-state index in [-0.39, 0.29) is 30.3 Å². The lowest BCUT2D eigenvalue weighted by Gasteiger charge is -2.48. The highest BCUT2D eigenvalue weighted by atomic mass is 16.7. The number of hydrogen-bond acceptors (Lipinski definition) is 12. The van der Waals surface area contributed by atoms with Gasteiger partial charge in [-0.3, -0.25) is 23.9 Å². The van der Waals surface area contributed by atoms with Crippen LogP contribution >= 0.6 is 0 Å². The molecule has 2 fully saturated rings. The molecule has 0 radical (unpaired) electrons. The van der Waals surface area contributed by atoms with E-state index in [0.717, 1.165) is 16.8 Å². The lowest BCUT2D eigenvalue weighted by atomic mass is 9.74. The van der Waals surface area contributed by atoms with Crippen LogP contribution in [0, 0.1) is 30.6 Å². The number of aliphatic hydroxyl groups excluding tert-OH is 3. The van der Waals surface area contributed by atoms with Crippen molar-refractivity contribution >= 4 is 11.8 Å². The van der Waals surface area contributed by atoms with Gasteiger partial charge in [0.15, 0.2) is 6.29 Å². The maximum absolute atomic E-state index is 13.8. The first-order valence-electron chi connectivity index (χ1n) is 19.5. The second-order valence-electron chi connectivity index (χ2n) is 16.6. The Hall–Kier alpha value is -3.01. The van der Waals surface area contributed by atoms with Crippen LogP contribution in [0.5, 0.6) is 0 Å². The Morgan fingerprint density at radius 1 is 0.945 bits per heavy atom. The van der Waals surface area contributed by atoms with Gasteiger partial charge in [0.2, 0.25) is 0 Å². The molecule has 3 heterocycles. The minimum absolute atomic E-state index is 0.0890. The number of benzene rings is 1. The quantitative estimate of drug-likeness (QED) is 0.288. The van der Waals surface area contributed by atoms with Crippen molar-refractivity contribution in [3.63, 3.8) is 0 Å². The van der Waals surface area contributed by atoms with Crippen LogP contribution < -0.4 is 5.56 Å². The van der Waals surface area contributed by atoms with E-state index in [1.165, 1.54) is 27.9 Å². The van der Waals surface area contributed by atoms with Crippen molar-refractivity contribution in [1.82, 2.24) is 9.47 Å². The highest BCUT2D eigenvalue weighted by Gasteiger charge is 2.52. The van der Waals surface area contributed by atoms with Gasteiger partial charge in [-0.2, -0.15) is 0 Å². The fraction of sp³-hybridized carbons (Fsp3) is 0.690. The molecule has 0 aliphatic carbocycles. The zero-order chi connectivity index (χ0) is 41.2. The highest BCUT2D eigenvalue weighted by molar-refractivity contribution is 5.83. The molecule has 2 saturated heterocycles. The van der Waals surface area contributed by atoms with Crippen LogP contribution in [-0.2, 0) is 35.1 Å². The first-order valence-corrected chi connectivity index (χ1v) is 19.5. The van der Waals surface area contributed by atoms with E-state index in [0.29, 0.717) is 13.0 Å². The van der Waals surface area contributed by atoms with Gasteiger partial charge >= 0.3 is 5.97 Å². The first kappa shape index (κ1) is 44.7. The summed E-state index contributed by atoms with van der Waals surface area (Å²) in [5.74, 6) is -4.75. The average Bonchev–Trinajstić information content (AvgIpc) is 3.15. The fourth-order valence-electron chi connectivity index (χ4n) is 8.47. The third kappa shape index (κ3) is 9.76. The summed E-state index contributed by atoms with van der Waals surface area (Å²) in [6.45, 7) is 15.6. The average molecular weight is 773 g/mol. The number of rotatable bonds is 8. The van der Waals surface area contributed by atoms with Crippen molar-refractivity contribution in [1.29, 1.82) is 0 Å². The second kappa shape index (κ2) is 18.1. The number of pyridine rings is 1. The molecule has 13 nitrogen and oxygen atoms in total. The number of aliphatic hydroxyl groups is 4. The van der Waals surface area contributed by atoms with E-state index in [1.807, 2.05) is 50.1 Å². The molecule has 2 aliphatic heterocycles. The van der Waals surface area contributed by atoms with Crippen molar-refractivity contribution < 1.29 is 49.0 Å². The Morgan fingerprint density at radius 2 is 1.58 bits per heavy atom. The molecule has 55 heavy (non-hydrogen) atoms. The van der Waals surface area contributed by atoms with Gasteiger partial charge in [0.25, 0.3) is 5.56 Å². The van der Waals surface area contributed by atoms with Gasteiger partial charge in [-0.05, 0) is 84.2 Å². The zero-order valence-electron chi connectivity index (χ0n) is 34.3. The van der Waals surface area contributed by atoms with E-state index in [2.05, 4.69) is 0 Å². The number of Topliss-reactive ketones (excluding diaryl/α,β-unsaturated/α-hetero) is 1. The largest absolute Gasteiger partial charge is 0.459 e. The Kier molecular flexibility index (Phi) is 14.7. The first-order chi connectivity index (χ1) is 25.7. The maximum atomic E-state index is 13.8. The third-order valence-electron chi connectivity index (χ3n) is 12.1. The molecular weight excluding hydrogens is 708 g/mol. The van der Waals surface area contributed by atoms with E-state index >= 15 is 0 Å². The van der Waals surface area contributed by atoms with E-state index in [4.69, 9.17) is 18.9 Å². The number of aryl methyl sites for hydroxylation is 1. The Bertz CT molecular complexity index is 1660. The number of cyclic esters (lactones) is 1. The molecule has 2 aliphatic rings. The Labute approximate surface area is 325 Å². The number of ether oxygens (including phenoxy) is 4. The summed E-state index contributed by atoms with van der Waals surface area (Å²) >= 11 is 0. The number of aromatic nitrogens is 1. The van der Waals surface area contributed by atoms with Crippen LogP contribution in [-0.4, -0.2) is 116 Å². The standard InChI is InChI=1S/C42H64N2O11/c1-12-32-42(9,51)37(49)26(5)34(46)24(3)20-41(8,52-11)38(27(6)35(47)28(7)39(50)54-32)55-40-36(48)31(19-25(4)53-40)43(10)22-29-14-16-30(17-15-29)44-21-23(2)13-18-33(44)45/h13-18,21,24-28,31-32,35-38,40,47-49,51H,12,19-20,22H2,1-11H3/t24-,25-,26+,27+,28-,31+,32-,35+,36-,37-,38-,40+,41-,42-/m1/s1. The molecule has 13 heteroatoms. The van der Waals surface area contributed by atoms with Gasteiger partial charge in [-0.15, -0.1) is 0 Å². The number of carbonyl (C=O) groups excluding carboxylic acids is 2. The number of esters is 1. The predicted molar refractivity (Wildman–Crippen MR) is 206 cm³/mol. The van der Waals surface area contributed by atoms with Crippen molar-refractivity contribution in [3.8, 4) is 5.69 Å². The summed E-state index contributed by atoms with van der Waals surface area (Å²) < 4.78 is 26.4. The van der Waals surface area contributed by atoms with Crippen LogP contribution in [0.15, 0.2) is 47.4 Å². The van der Waals surface area contributed by atoms with Crippen molar-refractivity contribution in [3.05, 3.63) is 64.1 Å². The molecule has 0 unspecified atom stereocenters. The number of methoxy groups -OCH3 is 1. The minimum atomic E-state index is -1.95. The van der Waals surface area contributed by atoms with Gasteiger partial charge in [-0.25, -0.2) is 0 Å². The second-order valence-corrected chi connectivity index (χ2v) is 16.6. The van der Waals surface area contributed by atoms with Crippen molar-refractivity contribution in [2.24, 2.45) is 23.7 Å². The molecule has 1 aromatic carbocycles. The van der Waals surface area contributed by atoms with Gasteiger partial charge in [-0.1, -0.05) is 45.9 Å². The number of carbonyl (C=O) groups is 2. The normalized spacial score (nSPS) is 38.4. The number of ketones is 1. The highest BCUT2D eigenvalue weighted by Crippen LogP contribution is 2.39. The molecule has 4 rings (SSSR count). The van der Waals surface area contributed by atoms with E-state index < -0.39 is 83.7 Å². The van der Waals surface area contributed by atoms with Crippen LogP contribution in [0.25, 0.3) is 5.69 Å². The third-order valence-corrected chi connectivity index (χ3v) is 12.1. The topological polar surface area (TPSA) is 177 Å². The number of likely N-dealkylation sites (N-methyl/N-ethyl adjacent to an activating group) is 1. The molecule has 0 saturated carbocycles. The van der Waals surface area contributed by atoms with Gasteiger partial charge in [0.05, 0.1) is 35.9 Å². The van der Waals surface area contributed by atoms with Gasteiger partial charge in [0.1, 0.15) is 23.6 Å². The Morgan fingerprint density at radius 3 is 2.18 bits per heavy atom. The predicted octanol–water partition coefficient (Wildman–Crippen LogP) is 3.54. The summed E-state index contributed by atoms with van der Waals surface area (Å²) in [4.78, 5) is 41.8. The zero-order valence-corrected chi connectivity index (χ0v) is 34.3. The SMILES string of the molecule is CC[C@H]1OC(=O)[C@H](C)[C@@H](O)[C@H](C)[C@@H](O[C@@H]2O[C@H](C)C[C@H](N(C)Cc3ccc(-n4cc(C)ccc4=O)cc3)[C@H]2O)[C@](C)(OC)C[C@@H](C)C(=O)[C@H](C)[C@@H](O)[C@]1(C)O. The maximum Gasteiger partial charge on any atom is 0.311 e. The molecule has 0 spiro atoms. The molecule has 1 aromatic heterocycles. The lowest BCUT2D eigenvalue weighted by molar-refractivity contribution is -0.302. The molecular formula is C42H64N2O11. The summed E-state index contributed by atoms with van der Waals surface area (Å²) in [5.41, 5.74) is -0.658. The fourth-order valence-corrected chi connectivity index (χ4v) is 8.47. The molecule has 0 bridgehead atoms. The molecule has 2 aromatic rings. The summed E-state index contributed by atoms with van der Waals surface area (Å²) in [5, 5.41) is 46.3. The van der Waals surface area contributed by atoms with Crippen LogP contribution in [0.4, 0.5) is 0 Å².